The minimum Gasteiger partial charge on any atom is -0.367 e. The highest BCUT2D eigenvalue weighted by atomic mass is 35.5. The number of amides is 1. The Balaban J connectivity index is 2.07. The van der Waals surface area contributed by atoms with Crippen molar-refractivity contribution in [2.75, 3.05) is 0 Å². The van der Waals surface area contributed by atoms with Gasteiger partial charge in [0.05, 0.1) is 5.02 Å². The molecule has 2 heterocycles. The lowest BCUT2D eigenvalue weighted by Gasteiger charge is -2.05. The molecule has 0 saturated carbocycles. The largest absolute Gasteiger partial charge is 0.367 e. The predicted molar refractivity (Wildman–Crippen MR) is 67.4 cm³/mol. The fraction of sp³-hybridized carbons (Fsp3) is 0.182. The fourth-order valence-corrected chi connectivity index (χ4v) is 1.88. The van der Waals surface area contributed by atoms with Crippen LogP contribution in [0.25, 0.3) is 0 Å². The molecular formula is C11H11Cl2N3O. The van der Waals surface area contributed by atoms with E-state index in [4.69, 9.17) is 23.2 Å². The van der Waals surface area contributed by atoms with Crippen molar-refractivity contribution in [2.24, 2.45) is 7.05 Å². The summed E-state index contributed by atoms with van der Waals surface area (Å²) in [6.45, 7) is 0.461. The Kier molecular flexibility index (Phi) is 3.45. The van der Waals surface area contributed by atoms with Crippen molar-refractivity contribution in [2.45, 2.75) is 6.54 Å². The number of nitrogens with one attached hydrogen (secondary N) is 2. The van der Waals surface area contributed by atoms with Crippen LogP contribution in [0.5, 0.6) is 0 Å². The van der Waals surface area contributed by atoms with Gasteiger partial charge in [-0.2, -0.15) is 0 Å². The Morgan fingerprint density at radius 3 is 2.82 bits per heavy atom. The molecule has 0 aliphatic heterocycles. The summed E-state index contributed by atoms with van der Waals surface area (Å²) in [7, 11) is 1.69. The number of halogens is 2. The van der Waals surface area contributed by atoms with Gasteiger partial charge in [-0.05, 0) is 17.7 Å². The number of aromatic amines is 1. The molecule has 0 aliphatic carbocycles. The first-order valence-electron chi connectivity index (χ1n) is 5.00. The summed E-state index contributed by atoms with van der Waals surface area (Å²) in [5.41, 5.74) is 1.44. The van der Waals surface area contributed by atoms with Crippen molar-refractivity contribution in [3.63, 3.8) is 0 Å². The van der Waals surface area contributed by atoms with Crippen molar-refractivity contribution >= 4 is 29.1 Å². The highest BCUT2D eigenvalue weighted by molar-refractivity contribution is 6.41. The second-order valence-corrected chi connectivity index (χ2v) is 4.39. The van der Waals surface area contributed by atoms with Crippen molar-refractivity contribution < 1.29 is 4.79 Å². The van der Waals surface area contributed by atoms with Crippen molar-refractivity contribution in [1.29, 1.82) is 0 Å². The zero-order valence-electron chi connectivity index (χ0n) is 9.13. The molecule has 90 valence electrons. The molecule has 1 amide bonds. The van der Waals surface area contributed by atoms with E-state index in [0.29, 0.717) is 22.4 Å². The average Bonchev–Trinajstić information content (AvgIpc) is 2.91. The fourth-order valence-electron chi connectivity index (χ4n) is 1.50. The SMILES string of the molecule is Cn1c(C(=O)NCc2cc[nH]c2)cc(Cl)c1Cl. The smallest absolute Gasteiger partial charge is 0.268 e. The van der Waals surface area contributed by atoms with Crippen molar-refractivity contribution in [3.8, 4) is 0 Å². The molecule has 2 N–H and O–H groups in total. The maximum Gasteiger partial charge on any atom is 0.268 e. The Bertz CT molecular complexity index is 531. The van der Waals surface area contributed by atoms with Crippen LogP contribution in [0.1, 0.15) is 16.1 Å². The number of rotatable bonds is 3. The maximum atomic E-state index is 11.9. The maximum absolute atomic E-state index is 11.9. The standard InChI is InChI=1S/C11H11Cl2N3O/c1-16-9(4-8(12)10(16)13)11(17)15-6-7-2-3-14-5-7/h2-5,14H,6H2,1H3,(H,15,17). The first-order valence-corrected chi connectivity index (χ1v) is 5.75. The summed E-state index contributed by atoms with van der Waals surface area (Å²) in [6, 6.07) is 3.45. The van der Waals surface area contributed by atoms with E-state index in [9.17, 15) is 4.79 Å². The molecule has 0 bridgehead atoms. The monoisotopic (exact) mass is 271 g/mol. The van der Waals surface area contributed by atoms with Crippen LogP contribution in [0.15, 0.2) is 24.5 Å². The van der Waals surface area contributed by atoms with Gasteiger partial charge in [0.25, 0.3) is 5.91 Å². The second kappa shape index (κ2) is 4.85. The summed E-state index contributed by atoms with van der Waals surface area (Å²) in [4.78, 5) is 14.8. The van der Waals surface area contributed by atoms with E-state index in [1.54, 1.807) is 23.9 Å². The quantitative estimate of drug-likeness (QED) is 0.886. The first-order chi connectivity index (χ1) is 8.09. The van der Waals surface area contributed by atoms with Crippen LogP contribution in [0.4, 0.5) is 0 Å². The average molecular weight is 272 g/mol. The highest BCUT2D eigenvalue weighted by Gasteiger charge is 2.15. The van der Waals surface area contributed by atoms with E-state index in [0.717, 1.165) is 5.56 Å². The third-order valence-corrected chi connectivity index (χ3v) is 3.31. The summed E-state index contributed by atoms with van der Waals surface area (Å²) >= 11 is 11.7. The highest BCUT2D eigenvalue weighted by Crippen LogP contribution is 2.24. The number of carbonyl (C=O) groups excluding carboxylic acids is 1. The van der Waals surface area contributed by atoms with E-state index in [2.05, 4.69) is 10.3 Å². The summed E-state index contributed by atoms with van der Waals surface area (Å²) < 4.78 is 1.55. The summed E-state index contributed by atoms with van der Waals surface area (Å²) in [6.07, 6.45) is 3.63. The van der Waals surface area contributed by atoms with E-state index >= 15 is 0 Å². The van der Waals surface area contributed by atoms with Gasteiger partial charge in [-0.15, -0.1) is 0 Å². The van der Waals surface area contributed by atoms with Gasteiger partial charge < -0.3 is 14.9 Å². The van der Waals surface area contributed by atoms with E-state index < -0.39 is 0 Å². The Morgan fingerprint density at radius 2 is 2.29 bits per heavy atom. The Labute approximate surface area is 109 Å². The number of H-pyrrole nitrogens is 1. The van der Waals surface area contributed by atoms with Gasteiger partial charge in [0.1, 0.15) is 10.8 Å². The van der Waals surface area contributed by atoms with Crippen LogP contribution in [0, 0.1) is 0 Å². The van der Waals surface area contributed by atoms with Crippen LogP contribution in [0.3, 0.4) is 0 Å². The number of aromatic nitrogens is 2. The molecule has 6 heteroatoms. The summed E-state index contributed by atoms with van der Waals surface area (Å²) in [5.74, 6) is -0.206. The van der Waals surface area contributed by atoms with Gasteiger partial charge in [-0.25, -0.2) is 0 Å². The number of carbonyl (C=O) groups is 1. The Hall–Kier alpha value is -1.39. The molecule has 0 radical (unpaired) electrons. The first kappa shape index (κ1) is 12.1. The van der Waals surface area contributed by atoms with E-state index in [-0.39, 0.29) is 5.91 Å². The van der Waals surface area contributed by atoms with Crippen LogP contribution in [0.2, 0.25) is 10.2 Å². The molecule has 0 unspecified atom stereocenters. The van der Waals surface area contributed by atoms with Gasteiger partial charge in [0.15, 0.2) is 0 Å². The Morgan fingerprint density at radius 1 is 1.53 bits per heavy atom. The van der Waals surface area contributed by atoms with Crippen molar-refractivity contribution in [1.82, 2.24) is 14.9 Å². The van der Waals surface area contributed by atoms with Crippen LogP contribution >= 0.6 is 23.2 Å². The lowest BCUT2D eigenvalue weighted by Crippen LogP contribution is -2.24. The molecular weight excluding hydrogens is 261 g/mol. The molecule has 0 atom stereocenters. The molecule has 0 fully saturated rings. The molecule has 2 aromatic rings. The number of hydrogen-bond acceptors (Lipinski definition) is 1. The lowest BCUT2D eigenvalue weighted by atomic mass is 10.3. The van der Waals surface area contributed by atoms with E-state index in [1.165, 1.54) is 0 Å². The molecule has 0 aromatic carbocycles. The minimum atomic E-state index is -0.206. The number of hydrogen-bond donors (Lipinski definition) is 2. The van der Waals surface area contributed by atoms with Gasteiger partial charge in [-0.3, -0.25) is 4.79 Å². The molecule has 2 aromatic heterocycles. The topological polar surface area (TPSA) is 49.8 Å². The molecule has 0 aliphatic rings. The zero-order chi connectivity index (χ0) is 12.4. The third-order valence-electron chi connectivity index (χ3n) is 2.46. The molecule has 4 nitrogen and oxygen atoms in total. The normalized spacial score (nSPS) is 10.5. The third kappa shape index (κ3) is 2.48. The lowest BCUT2D eigenvalue weighted by molar-refractivity contribution is 0.0943. The van der Waals surface area contributed by atoms with Crippen LogP contribution in [-0.2, 0) is 13.6 Å². The second-order valence-electron chi connectivity index (χ2n) is 3.63. The predicted octanol–water partition coefficient (Wildman–Crippen LogP) is 2.59. The minimum absolute atomic E-state index is 0.206. The van der Waals surface area contributed by atoms with Crippen LogP contribution < -0.4 is 5.32 Å². The van der Waals surface area contributed by atoms with E-state index in [1.807, 2.05) is 12.3 Å². The van der Waals surface area contributed by atoms with Gasteiger partial charge >= 0.3 is 0 Å². The number of nitrogens with zero attached hydrogens (tertiary/aromatic N) is 1. The molecule has 0 spiro atoms. The van der Waals surface area contributed by atoms with Crippen LogP contribution in [-0.4, -0.2) is 15.5 Å². The molecule has 2 rings (SSSR count). The van der Waals surface area contributed by atoms with Gasteiger partial charge in [-0.1, -0.05) is 23.2 Å². The molecule has 0 saturated heterocycles. The van der Waals surface area contributed by atoms with Gasteiger partial charge in [0, 0.05) is 26.0 Å². The van der Waals surface area contributed by atoms with Gasteiger partial charge in [0.2, 0.25) is 0 Å². The zero-order valence-corrected chi connectivity index (χ0v) is 10.6. The molecule has 17 heavy (non-hydrogen) atoms. The van der Waals surface area contributed by atoms with Crippen molar-refractivity contribution in [3.05, 3.63) is 46.0 Å². The summed E-state index contributed by atoms with van der Waals surface area (Å²) in [5, 5.41) is 3.52.